The van der Waals surface area contributed by atoms with Crippen LogP contribution in [0.4, 0.5) is 5.69 Å². The molecule has 35 heavy (non-hydrogen) atoms. The van der Waals surface area contributed by atoms with Crippen LogP contribution >= 0.6 is 0 Å². The maximum Gasteiger partial charge on any atom is 0.337 e. The first-order valence-corrected chi connectivity index (χ1v) is 11.3. The highest BCUT2D eigenvalue weighted by molar-refractivity contribution is 5.94. The molecule has 0 saturated heterocycles. The molecule has 0 bridgehead atoms. The van der Waals surface area contributed by atoms with E-state index in [1.165, 1.54) is 6.07 Å². The van der Waals surface area contributed by atoms with Gasteiger partial charge in [-0.15, -0.1) is 0 Å². The molecule has 6 nitrogen and oxygen atoms in total. The minimum absolute atomic E-state index is 0.157. The number of carboxylic acids is 1. The van der Waals surface area contributed by atoms with Gasteiger partial charge in [-0.25, -0.2) is 4.79 Å². The fourth-order valence-corrected chi connectivity index (χ4v) is 4.17. The monoisotopic (exact) mass is 469 g/mol. The van der Waals surface area contributed by atoms with Crippen molar-refractivity contribution in [2.75, 3.05) is 5.32 Å². The summed E-state index contributed by atoms with van der Waals surface area (Å²) < 4.78 is 12.1. The Hall–Kier alpha value is -4.32. The molecule has 1 aromatic heterocycles. The standard InChI is InChI=1S/C29H27NO5/c1-16(2)34-26-12-8-10-20(18(26)4)27-15-25(31)23-14-17(3)13-22(28(23)35-27)19(5)30-24-11-7-6-9-21(24)29(32)33/h6-15,19,30H,1H2,2-5H3,(H,32,33). The van der Waals surface area contributed by atoms with Gasteiger partial charge in [-0.1, -0.05) is 36.9 Å². The van der Waals surface area contributed by atoms with Crippen LogP contribution < -0.4 is 15.5 Å². The maximum absolute atomic E-state index is 13.2. The molecule has 0 aliphatic heterocycles. The third-order valence-electron chi connectivity index (χ3n) is 5.83. The maximum atomic E-state index is 13.2. The summed E-state index contributed by atoms with van der Waals surface area (Å²) in [6.45, 7) is 11.3. The quantitative estimate of drug-likeness (QED) is 0.287. The molecular weight excluding hydrogens is 442 g/mol. The number of anilines is 1. The molecule has 1 heterocycles. The number of carboxylic acid groups (broad SMARTS) is 1. The molecule has 4 rings (SSSR count). The average molecular weight is 470 g/mol. The van der Waals surface area contributed by atoms with Gasteiger partial charge in [0.15, 0.2) is 5.43 Å². The van der Waals surface area contributed by atoms with Gasteiger partial charge in [0.25, 0.3) is 0 Å². The van der Waals surface area contributed by atoms with Crippen molar-refractivity contribution in [3.05, 3.63) is 105 Å². The molecule has 178 valence electrons. The number of hydrogen-bond donors (Lipinski definition) is 2. The Morgan fingerprint density at radius 1 is 1.09 bits per heavy atom. The number of benzene rings is 3. The number of carbonyl (C=O) groups is 1. The van der Waals surface area contributed by atoms with Crippen LogP contribution in [0.15, 0.2) is 82.2 Å². The zero-order valence-corrected chi connectivity index (χ0v) is 20.1. The highest BCUT2D eigenvalue weighted by atomic mass is 16.5. The molecule has 1 unspecified atom stereocenters. The minimum atomic E-state index is -1.02. The van der Waals surface area contributed by atoms with Crippen molar-refractivity contribution >= 4 is 22.6 Å². The first-order valence-electron chi connectivity index (χ1n) is 11.3. The molecule has 6 heteroatoms. The van der Waals surface area contributed by atoms with Crippen molar-refractivity contribution in [3.63, 3.8) is 0 Å². The predicted octanol–water partition coefficient (Wildman–Crippen LogP) is 6.86. The number of allylic oxidation sites excluding steroid dienone is 1. The summed E-state index contributed by atoms with van der Waals surface area (Å²) in [5.41, 5.74) is 4.18. The summed E-state index contributed by atoms with van der Waals surface area (Å²) in [6.07, 6.45) is 0. The molecule has 1 atom stereocenters. The number of aromatic carboxylic acids is 1. The molecule has 3 aromatic carbocycles. The molecule has 4 aromatic rings. The van der Waals surface area contributed by atoms with Crippen molar-refractivity contribution in [1.29, 1.82) is 0 Å². The lowest BCUT2D eigenvalue weighted by Crippen LogP contribution is -2.12. The van der Waals surface area contributed by atoms with Gasteiger partial charge in [-0.2, -0.15) is 0 Å². The Balaban J connectivity index is 1.86. The van der Waals surface area contributed by atoms with E-state index >= 15 is 0 Å². The van der Waals surface area contributed by atoms with Crippen LogP contribution in [0.3, 0.4) is 0 Å². The summed E-state index contributed by atoms with van der Waals surface area (Å²) in [4.78, 5) is 24.8. The topological polar surface area (TPSA) is 88.8 Å². The molecule has 0 amide bonds. The van der Waals surface area contributed by atoms with E-state index in [0.29, 0.717) is 33.9 Å². The van der Waals surface area contributed by atoms with Crippen molar-refractivity contribution in [1.82, 2.24) is 0 Å². The zero-order chi connectivity index (χ0) is 25.3. The summed E-state index contributed by atoms with van der Waals surface area (Å²) in [7, 11) is 0. The van der Waals surface area contributed by atoms with Crippen LogP contribution in [0, 0.1) is 13.8 Å². The zero-order valence-electron chi connectivity index (χ0n) is 20.1. The van der Waals surface area contributed by atoms with Crippen molar-refractivity contribution < 1.29 is 19.1 Å². The van der Waals surface area contributed by atoms with E-state index in [1.807, 2.05) is 45.0 Å². The molecule has 0 aliphatic rings. The predicted molar refractivity (Wildman–Crippen MR) is 138 cm³/mol. The van der Waals surface area contributed by atoms with E-state index in [1.54, 1.807) is 37.3 Å². The summed E-state index contributed by atoms with van der Waals surface area (Å²) in [5.74, 6) is 0.609. The number of para-hydroxylation sites is 1. The lowest BCUT2D eigenvalue weighted by atomic mass is 9.99. The minimum Gasteiger partial charge on any atom is -0.478 e. The Labute approximate surface area is 203 Å². The van der Waals surface area contributed by atoms with Crippen LogP contribution in [0.5, 0.6) is 5.75 Å². The smallest absolute Gasteiger partial charge is 0.337 e. The van der Waals surface area contributed by atoms with Crippen molar-refractivity contribution in [3.8, 4) is 17.1 Å². The number of rotatable bonds is 7. The largest absolute Gasteiger partial charge is 0.478 e. The second-order valence-corrected chi connectivity index (χ2v) is 8.66. The van der Waals surface area contributed by atoms with Crippen LogP contribution in [-0.2, 0) is 0 Å². The molecule has 0 fully saturated rings. The van der Waals surface area contributed by atoms with Gasteiger partial charge in [0.05, 0.1) is 22.8 Å². The Morgan fingerprint density at radius 3 is 2.54 bits per heavy atom. The number of nitrogens with one attached hydrogen (secondary N) is 1. The second-order valence-electron chi connectivity index (χ2n) is 8.66. The van der Waals surface area contributed by atoms with Gasteiger partial charge in [0, 0.05) is 28.4 Å². The van der Waals surface area contributed by atoms with Crippen LogP contribution in [0.2, 0.25) is 0 Å². The van der Waals surface area contributed by atoms with Crippen molar-refractivity contribution in [2.24, 2.45) is 0 Å². The molecule has 2 N–H and O–H groups in total. The third-order valence-corrected chi connectivity index (χ3v) is 5.83. The van der Waals surface area contributed by atoms with E-state index < -0.39 is 5.97 Å². The first-order chi connectivity index (χ1) is 16.7. The Bertz CT molecular complexity index is 1520. The van der Waals surface area contributed by atoms with E-state index in [0.717, 1.165) is 22.3 Å². The van der Waals surface area contributed by atoms with E-state index in [2.05, 4.69) is 11.9 Å². The lowest BCUT2D eigenvalue weighted by molar-refractivity contribution is 0.0698. The lowest BCUT2D eigenvalue weighted by Gasteiger charge is -2.19. The van der Waals surface area contributed by atoms with E-state index in [-0.39, 0.29) is 17.0 Å². The number of fused-ring (bicyclic) bond motifs is 1. The fourth-order valence-electron chi connectivity index (χ4n) is 4.17. The average Bonchev–Trinajstić information content (AvgIpc) is 2.80. The number of ether oxygens (including phenoxy) is 1. The Kier molecular flexibility index (Phi) is 6.47. The summed E-state index contributed by atoms with van der Waals surface area (Å²) in [5, 5.41) is 13.3. The van der Waals surface area contributed by atoms with Gasteiger partial charge in [0.2, 0.25) is 0 Å². The second kappa shape index (κ2) is 9.50. The SMILES string of the molecule is C=C(C)Oc1cccc(-c2cc(=O)c3cc(C)cc(C(C)Nc4ccccc4C(=O)O)c3o2)c1C. The van der Waals surface area contributed by atoms with Gasteiger partial charge in [-0.05, 0) is 57.5 Å². The molecule has 0 radical (unpaired) electrons. The van der Waals surface area contributed by atoms with Gasteiger partial charge in [-0.3, -0.25) is 4.79 Å². The van der Waals surface area contributed by atoms with Crippen LogP contribution in [0.25, 0.3) is 22.3 Å². The number of aryl methyl sites for hydroxylation is 1. The molecule has 0 saturated carbocycles. The van der Waals surface area contributed by atoms with Crippen molar-refractivity contribution in [2.45, 2.75) is 33.7 Å². The fraction of sp³-hybridized carbons (Fsp3) is 0.172. The molecular formula is C29H27NO5. The molecule has 0 spiro atoms. The highest BCUT2D eigenvalue weighted by Gasteiger charge is 2.19. The summed E-state index contributed by atoms with van der Waals surface area (Å²) >= 11 is 0. The Morgan fingerprint density at radius 2 is 1.83 bits per heavy atom. The van der Waals surface area contributed by atoms with Crippen LogP contribution in [0.1, 0.15) is 46.9 Å². The van der Waals surface area contributed by atoms with E-state index in [9.17, 15) is 14.7 Å². The van der Waals surface area contributed by atoms with Gasteiger partial charge < -0.3 is 19.6 Å². The third kappa shape index (κ3) is 4.82. The first kappa shape index (κ1) is 23.8. The molecule has 0 aliphatic carbocycles. The van der Waals surface area contributed by atoms with Gasteiger partial charge in [0.1, 0.15) is 17.1 Å². The van der Waals surface area contributed by atoms with E-state index in [4.69, 9.17) is 9.15 Å². The normalized spacial score (nSPS) is 11.8. The van der Waals surface area contributed by atoms with Crippen LogP contribution in [-0.4, -0.2) is 11.1 Å². The summed E-state index contributed by atoms with van der Waals surface area (Å²) in [6, 6.07) is 17.2. The highest BCUT2D eigenvalue weighted by Crippen LogP contribution is 2.34. The number of hydrogen-bond acceptors (Lipinski definition) is 5. The van der Waals surface area contributed by atoms with Gasteiger partial charge >= 0.3 is 5.97 Å².